The molecule has 33 heavy (non-hydrogen) atoms. The van der Waals surface area contributed by atoms with Crippen molar-refractivity contribution >= 4 is 10.8 Å². The lowest BCUT2D eigenvalue weighted by Crippen LogP contribution is -2.10. The van der Waals surface area contributed by atoms with Crippen molar-refractivity contribution in [2.75, 3.05) is 0 Å². The molecule has 0 spiro atoms. The van der Waals surface area contributed by atoms with Gasteiger partial charge in [-0.1, -0.05) is 13.0 Å². The number of aryl methyl sites for hydroxylation is 3. The molecule has 0 radical (unpaired) electrons. The Labute approximate surface area is 189 Å². The number of hydrogen-bond donors (Lipinski definition) is 1. The molecule has 4 aromatic rings. The zero-order chi connectivity index (χ0) is 23.3. The first-order chi connectivity index (χ1) is 15.9. The Kier molecular flexibility index (Phi) is 4.97. The maximum Gasteiger partial charge on any atom is 0.272 e. The zero-order valence-electron chi connectivity index (χ0n) is 18.6. The average molecular weight is 443 g/mol. The number of fused-ring (bicyclic) bond motifs is 1. The maximum absolute atomic E-state index is 15.5. The van der Waals surface area contributed by atoms with Crippen molar-refractivity contribution in [1.29, 1.82) is 5.26 Å². The Bertz CT molecular complexity index is 1510. The summed E-state index contributed by atoms with van der Waals surface area (Å²) in [5, 5.41) is 22.3. The highest BCUT2D eigenvalue weighted by molar-refractivity contribution is 5.92. The fraction of sp³-hybridized carbons (Fsp3) is 0.280. The lowest BCUT2D eigenvalue weighted by atomic mass is 9.94. The van der Waals surface area contributed by atoms with E-state index in [0.29, 0.717) is 34.4 Å². The number of ether oxygens (including phenoxy) is 1. The van der Waals surface area contributed by atoms with E-state index in [-0.39, 0.29) is 22.8 Å². The quantitative estimate of drug-likeness (QED) is 0.493. The molecule has 0 saturated heterocycles. The SMILES string of the molecule is CCc1n[nH]c(=O)c2ccc(-c3cnn(C)c3-c3c(F)c(C)cc(OC4CC4)c3C#N)cc12. The monoisotopic (exact) mass is 443 g/mol. The van der Waals surface area contributed by atoms with Crippen LogP contribution in [0.3, 0.4) is 0 Å². The normalized spacial score (nSPS) is 13.3. The number of benzene rings is 2. The Morgan fingerprint density at radius 3 is 2.79 bits per heavy atom. The molecule has 5 rings (SSSR count). The van der Waals surface area contributed by atoms with Crippen molar-refractivity contribution < 1.29 is 9.13 Å². The topological polar surface area (TPSA) is 96.6 Å². The van der Waals surface area contributed by atoms with E-state index in [1.165, 1.54) is 0 Å². The van der Waals surface area contributed by atoms with Crippen LogP contribution in [0.2, 0.25) is 0 Å². The molecule has 0 atom stereocenters. The molecule has 0 unspecified atom stereocenters. The van der Waals surface area contributed by atoms with Crippen LogP contribution in [0.25, 0.3) is 33.2 Å². The molecular weight excluding hydrogens is 421 g/mol. The number of rotatable bonds is 5. The average Bonchev–Trinajstić information content (AvgIpc) is 3.55. The van der Waals surface area contributed by atoms with Gasteiger partial charge in [-0.25, -0.2) is 9.49 Å². The van der Waals surface area contributed by atoms with Crippen LogP contribution >= 0.6 is 0 Å². The summed E-state index contributed by atoms with van der Waals surface area (Å²) in [6.45, 7) is 3.63. The smallest absolute Gasteiger partial charge is 0.272 e. The van der Waals surface area contributed by atoms with Gasteiger partial charge in [0, 0.05) is 18.0 Å². The van der Waals surface area contributed by atoms with Crippen molar-refractivity contribution in [3.8, 4) is 34.2 Å². The van der Waals surface area contributed by atoms with Crippen LogP contribution in [0.1, 0.15) is 36.6 Å². The van der Waals surface area contributed by atoms with Crippen LogP contribution in [0.5, 0.6) is 5.75 Å². The van der Waals surface area contributed by atoms with Crippen molar-refractivity contribution in [1.82, 2.24) is 20.0 Å². The van der Waals surface area contributed by atoms with E-state index in [9.17, 15) is 10.1 Å². The molecule has 2 aromatic carbocycles. The van der Waals surface area contributed by atoms with Gasteiger partial charge in [0.2, 0.25) is 0 Å². The van der Waals surface area contributed by atoms with Crippen LogP contribution in [0, 0.1) is 24.1 Å². The Morgan fingerprint density at radius 1 is 1.30 bits per heavy atom. The van der Waals surface area contributed by atoms with Gasteiger partial charge in [-0.15, -0.1) is 0 Å². The number of aromatic amines is 1. The predicted molar refractivity (Wildman–Crippen MR) is 122 cm³/mol. The summed E-state index contributed by atoms with van der Waals surface area (Å²) in [5.74, 6) is -0.0868. The third kappa shape index (κ3) is 3.46. The zero-order valence-corrected chi connectivity index (χ0v) is 18.6. The molecular formula is C25H22FN5O2. The summed E-state index contributed by atoms with van der Waals surface area (Å²) in [6, 6.07) is 9.16. The first-order valence-electron chi connectivity index (χ1n) is 10.9. The molecule has 1 aliphatic carbocycles. The highest BCUT2D eigenvalue weighted by atomic mass is 19.1. The predicted octanol–water partition coefficient (Wildman–Crippen LogP) is 4.41. The van der Waals surface area contributed by atoms with Crippen molar-refractivity contribution in [3.63, 3.8) is 0 Å². The molecule has 0 aliphatic heterocycles. The third-order valence-electron chi connectivity index (χ3n) is 6.03. The molecule has 0 amide bonds. The summed E-state index contributed by atoms with van der Waals surface area (Å²) in [5.41, 5.74) is 3.10. The van der Waals surface area contributed by atoms with Crippen LogP contribution in [-0.2, 0) is 13.5 Å². The summed E-state index contributed by atoms with van der Waals surface area (Å²) in [7, 11) is 1.72. The van der Waals surface area contributed by atoms with E-state index >= 15 is 4.39 Å². The van der Waals surface area contributed by atoms with E-state index < -0.39 is 5.82 Å². The highest BCUT2D eigenvalue weighted by Crippen LogP contribution is 2.41. The fourth-order valence-corrected chi connectivity index (χ4v) is 4.16. The molecule has 1 aliphatic rings. The maximum atomic E-state index is 15.5. The molecule has 0 bridgehead atoms. The van der Waals surface area contributed by atoms with E-state index in [4.69, 9.17) is 4.74 Å². The molecule has 1 saturated carbocycles. The van der Waals surface area contributed by atoms with Crippen LogP contribution in [0.4, 0.5) is 4.39 Å². The second kappa shape index (κ2) is 7.85. The van der Waals surface area contributed by atoms with E-state index in [1.54, 1.807) is 43.0 Å². The minimum Gasteiger partial charge on any atom is -0.489 e. The standard InChI is InChI=1S/C25H22FN5O2/c1-4-20-17-10-14(5-8-16(17)25(32)30-29-20)19-12-28-31(3)24(19)22-18(11-27)21(33-15-6-7-15)9-13(2)23(22)26/h5,8-10,12,15H,4,6-7H2,1-3H3,(H,30,32). The van der Waals surface area contributed by atoms with E-state index in [0.717, 1.165) is 29.5 Å². The Morgan fingerprint density at radius 2 is 2.09 bits per heavy atom. The third-order valence-corrected chi connectivity index (χ3v) is 6.03. The summed E-state index contributed by atoms with van der Waals surface area (Å²) in [4.78, 5) is 12.2. The number of nitrogens with one attached hydrogen (secondary N) is 1. The van der Waals surface area contributed by atoms with Gasteiger partial charge in [-0.05, 0) is 55.5 Å². The fourth-order valence-electron chi connectivity index (χ4n) is 4.16. The molecule has 1 fully saturated rings. The molecule has 7 nitrogen and oxygen atoms in total. The summed E-state index contributed by atoms with van der Waals surface area (Å²) < 4.78 is 23.1. The summed E-state index contributed by atoms with van der Waals surface area (Å²) in [6.07, 6.45) is 4.21. The second-order valence-corrected chi connectivity index (χ2v) is 8.33. The van der Waals surface area contributed by atoms with Gasteiger partial charge in [0.05, 0.1) is 34.6 Å². The van der Waals surface area contributed by atoms with E-state index in [2.05, 4.69) is 21.4 Å². The van der Waals surface area contributed by atoms with Gasteiger partial charge in [-0.2, -0.15) is 15.5 Å². The van der Waals surface area contributed by atoms with Crippen molar-refractivity contribution in [3.05, 3.63) is 63.5 Å². The van der Waals surface area contributed by atoms with Gasteiger partial charge in [0.1, 0.15) is 23.2 Å². The largest absolute Gasteiger partial charge is 0.489 e. The van der Waals surface area contributed by atoms with Gasteiger partial charge >= 0.3 is 0 Å². The number of halogens is 1. The van der Waals surface area contributed by atoms with Gasteiger partial charge in [0.15, 0.2) is 0 Å². The van der Waals surface area contributed by atoms with Gasteiger partial charge in [0.25, 0.3) is 5.56 Å². The van der Waals surface area contributed by atoms with Gasteiger partial charge < -0.3 is 4.74 Å². The van der Waals surface area contributed by atoms with Crippen LogP contribution in [-0.4, -0.2) is 26.1 Å². The first-order valence-corrected chi connectivity index (χ1v) is 10.9. The minimum absolute atomic E-state index is 0.0689. The van der Waals surface area contributed by atoms with Crippen molar-refractivity contribution in [2.45, 2.75) is 39.2 Å². The number of nitriles is 1. The number of H-pyrrole nitrogens is 1. The Balaban J connectivity index is 1.76. The van der Waals surface area contributed by atoms with Crippen LogP contribution in [0.15, 0.2) is 35.3 Å². The lowest BCUT2D eigenvalue weighted by Gasteiger charge is -2.16. The summed E-state index contributed by atoms with van der Waals surface area (Å²) >= 11 is 0. The molecule has 8 heteroatoms. The highest BCUT2D eigenvalue weighted by Gasteiger charge is 2.29. The molecule has 2 aromatic heterocycles. The van der Waals surface area contributed by atoms with Gasteiger partial charge in [-0.3, -0.25) is 9.48 Å². The lowest BCUT2D eigenvalue weighted by molar-refractivity contribution is 0.301. The Hall–Kier alpha value is -3.99. The molecule has 2 heterocycles. The first kappa shape index (κ1) is 20.9. The van der Waals surface area contributed by atoms with Crippen LogP contribution < -0.4 is 10.3 Å². The number of hydrogen-bond acceptors (Lipinski definition) is 5. The molecule has 166 valence electrons. The number of nitrogens with zero attached hydrogens (tertiary/aromatic N) is 4. The van der Waals surface area contributed by atoms with E-state index in [1.807, 2.05) is 13.0 Å². The number of aromatic nitrogens is 4. The second-order valence-electron chi connectivity index (χ2n) is 8.33. The minimum atomic E-state index is -0.479. The van der Waals surface area contributed by atoms with Crippen molar-refractivity contribution in [2.24, 2.45) is 7.05 Å². The molecule has 1 N–H and O–H groups in total.